The highest BCUT2D eigenvalue weighted by Gasteiger charge is 2.21. The van der Waals surface area contributed by atoms with E-state index in [-0.39, 0.29) is 30.7 Å². The van der Waals surface area contributed by atoms with Crippen LogP contribution in [0.3, 0.4) is 0 Å². The topological polar surface area (TPSA) is 108 Å². The molecule has 0 saturated carbocycles. The van der Waals surface area contributed by atoms with Crippen LogP contribution >= 0.6 is 0 Å². The largest absolute Gasteiger partial charge is 0.391 e. The van der Waals surface area contributed by atoms with Crippen LogP contribution in [0.25, 0.3) is 0 Å². The van der Waals surface area contributed by atoms with Crippen molar-refractivity contribution in [2.75, 3.05) is 46.9 Å². The van der Waals surface area contributed by atoms with Gasteiger partial charge < -0.3 is 25.5 Å². The van der Waals surface area contributed by atoms with Crippen molar-refractivity contribution in [1.82, 2.24) is 16.0 Å². The van der Waals surface area contributed by atoms with Gasteiger partial charge in [-0.05, 0) is 38.5 Å². The summed E-state index contributed by atoms with van der Waals surface area (Å²) >= 11 is 0. The average Bonchev–Trinajstić information content (AvgIpc) is 3.11. The molecule has 8 nitrogen and oxygen atoms in total. The van der Waals surface area contributed by atoms with Crippen molar-refractivity contribution >= 4 is 17.7 Å². The van der Waals surface area contributed by atoms with E-state index in [2.05, 4.69) is 43.9 Å². The van der Waals surface area contributed by atoms with Gasteiger partial charge in [-0.3, -0.25) is 14.4 Å². The highest BCUT2D eigenvalue weighted by atomic mass is 16.3. The molecule has 3 amide bonds. The van der Waals surface area contributed by atoms with Crippen molar-refractivity contribution in [3.8, 4) is 0 Å². The summed E-state index contributed by atoms with van der Waals surface area (Å²) in [5.74, 6) is -0.288. The van der Waals surface area contributed by atoms with Crippen molar-refractivity contribution in [3.63, 3.8) is 0 Å². The molecule has 0 saturated heterocycles. The van der Waals surface area contributed by atoms with E-state index in [0.29, 0.717) is 25.9 Å². The minimum Gasteiger partial charge on any atom is -0.391 e. The van der Waals surface area contributed by atoms with Crippen LogP contribution in [0.2, 0.25) is 0 Å². The number of carbonyl (C=O) groups is 3. The number of likely N-dealkylation sites (N-methyl/N-ethyl adjacent to an activating group) is 1. The van der Waals surface area contributed by atoms with E-state index in [0.717, 1.165) is 62.5 Å². The lowest BCUT2D eigenvalue weighted by molar-refractivity contribution is -0.890. The van der Waals surface area contributed by atoms with E-state index in [4.69, 9.17) is 0 Å². The Kier molecular flexibility index (Phi) is 36.4. The van der Waals surface area contributed by atoms with Crippen LogP contribution in [0.5, 0.6) is 0 Å². The predicted molar refractivity (Wildman–Crippen MR) is 221 cm³/mol. The van der Waals surface area contributed by atoms with E-state index >= 15 is 0 Å². The third-order valence-corrected chi connectivity index (χ3v) is 10.6. The van der Waals surface area contributed by atoms with Crippen molar-refractivity contribution in [1.29, 1.82) is 0 Å². The van der Waals surface area contributed by atoms with Crippen LogP contribution in [0.15, 0.2) is 0 Å². The molecule has 0 aliphatic rings. The molecule has 0 radical (unpaired) electrons. The van der Waals surface area contributed by atoms with Crippen LogP contribution in [0.4, 0.5) is 0 Å². The summed E-state index contributed by atoms with van der Waals surface area (Å²) < 4.78 is 0.882. The van der Waals surface area contributed by atoms with E-state index in [1.807, 2.05) is 0 Å². The lowest BCUT2D eigenvalue weighted by atomic mass is 10.1. The molecule has 1 atom stereocenters. The van der Waals surface area contributed by atoms with Crippen molar-refractivity contribution in [2.45, 2.75) is 219 Å². The van der Waals surface area contributed by atoms with E-state index in [1.165, 1.54) is 135 Å². The smallest absolute Gasteiger partial charge is 0.242 e. The Morgan fingerprint density at radius 3 is 1.35 bits per heavy atom. The molecule has 0 spiro atoms. The number of hydrogen-bond acceptors (Lipinski definition) is 4. The Balaban J connectivity index is 4.39. The van der Waals surface area contributed by atoms with Gasteiger partial charge in [0, 0.05) is 25.9 Å². The summed E-state index contributed by atoms with van der Waals surface area (Å²) in [6, 6.07) is -0.667. The Morgan fingerprint density at radius 1 is 0.481 bits per heavy atom. The molecule has 0 aliphatic heterocycles. The fraction of sp³-hybridized carbons (Fsp3) is 0.932. The van der Waals surface area contributed by atoms with Gasteiger partial charge >= 0.3 is 0 Å². The molecule has 0 aromatic carbocycles. The summed E-state index contributed by atoms with van der Waals surface area (Å²) in [7, 11) is 4.36. The van der Waals surface area contributed by atoms with Gasteiger partial charge in [0.1, 0.15) is 12.6 Å². The lowest BCUT2D eigenvalue weighted by Crippen LogP contribution is -2.47. The fourth-order valence-corrected chi connectivity index (χ4v) is 6.96. The summed E-state index contributed by atoms with van der Waals surface area (Å²) in [5.41, 5.74) is 0. The van der Waals surface area contributed by atoms with Gasteiger partial charge in [0.25, 0.3) is 0 Å². The number of unbranched alkanes of at least 4 members (excludes halogenated alkanes) is 25. The van der Waals surface area contributed by atoms with Gasteiger partial charge in [-0.2, -0.15) is 0 Å². The summed E-state index contributed by atoms with van der Waals surface area (Å²) in [6.45, 7) is 7.97. The molecule has 0 heterocycles. The summed E-state index contributed by atoms with van der Waals surface area (Å²) in [6.07, 6.45) is 35.2. The normalized spacial score (nSPS) is 12.2. The highest BCUT2D eigenvalue weighted by molar-refractivity contribution is 5.88. The van der Waals surface area contributed by atoms with Crippen LogP contribution in [0.1, 0.15) is 213 Å². The molecule has 0 fully saturated rings. The second-order valence-corrected chi connectivity index (χ2v) is 16.3. The summed E-state index contributed by atoms with van der Waals surface area (Å²) in [4.78, 5) is 38.7. The van der Waals surface area contributed by atoms with Crippen molar-refractivity contribution < 1.29 is 24.0 Å². The zero-order chi connectivity index (χ0) is 38.4. The first-order chi connectivity index (χ1) is 25.3. The zero-order valence-corrected chi connectivity index (χ0v) is 35.2. The van der Waals surface area contributed by atoms with E-state index < -0.39 is 6.04 Å². The standard InChI is InChI=1S/C44H88N4O4/c1-5-7-9-11-13-15-18-22-26-30-36-45-42(50)35-34-41(44(52)46-37-31-27-23-19-16-14-12-10-8-6-2)47-43(51)33-29-25-21-17-20-24-28-32-38-48(3,4)39-40-49/h41,49H,5-40H2,1-4H3,(H2-,45,46,47,50,51,52)/p+1. The van der Waals surface area contributed by atoms with E-state index in [1.54, 1.807) is 0 Å². The molecule has 0 bridgehead atoms. The third kappa shape index (κ3) is 35.4. The second kappa shape index (κ2) is 37.6. The number of aliphatic hydroxyl groups excluding tert-OH is 1. The molecular weight excluding hydrogens is 649 g/mol. The quantitative estimate of drug-likeness (QED) is 0.0371. The minimum atomic E-state index is -0.667. The van der Waals surface area contributed by atoms with E-state index in [9.17, 15) is 19.5 Å². The van der Waals surface area contributed by atoms with Gasteiger partial charge in [0.05, 0.1) is 27.2 Å². The SMILES string of the molecule is CCCCCCCCCCCCNC(=O)CCC(NC(=O)CCCCCCCCCC[N+](C)(C)CCO)C(=O)NCCCCCCCCCCCC. The summed E-state index contributed by atoms with van der Waals surface area (Å²) in [5, 5.41) is 18.2. The van der Waals surface area contributed by atoms with Gasteiger partial charge in [0.15, 0.2) is 0 Å². The molecule has 0 aromatic heterocycles. The number of amides is 3. The van der Waals surface area contributed by atoms with Gasteiger partial charge in [0.2, 0.25) is 17.7 Å². The Hall–Kier alpha value is -1.67. The Labute approximate surface area is 322 Å². The zero-order valence-electron chi connectivity index (χ0n) is 35.2. The van der Waals surface area contributed by atoms with Gasteiger partial charge in [-0.25, -0.2) is 0 Å². The predicted octanol–water partition coefficient (Wildman–Crippen LogP) is 9.91. The molecule has 1 unspecified atom stereocenters. The maximum absolute atomic E-state index is 13.2. The molecular formula is C44H89N4O4+. The first-order valence-corrected chi connectivity index (χ1v) is 22.5. The number of carbonyl (C=O) groups excluding carboxylic acids is 3. The molecule has 52 heavy (non-hydrogen) atoms. The minimum absolute atomic E-state index is 0.0365. The molecule has 0 aromatic rings. The Morgan fingerprint density at radius 2 is 0.885 bits per heavy atom. The fourth-order valence-electron chi connectivity index (χ4n) is 6.96. The molecule has 308 valence electrons. The number of aliphatic hydroxyl groups is 1. The Bertz CT molecular complexity index is 822. The average molecular weight is 738 g/mol. The molecule has 8 heteroatoms. The van der Waals surface area contributed by atoms with Crippen LogP contribution in [0, 0.1) is 0 Å². The van der Waals surface area contributed by atoms with Crippen LogP contribution in [-0.4, -0.2) is 80.2 Å². The van der Waals surface area contributed by atoms with Crippen molar-refractivity contribution in [2.24, 2.45) is 0 Å². The van der Waals surface area contributed by atoms with Crippen molar-refractivity contribution in [3.05, 3.63) is 0 Å². The molecule has 0 rings (SSSR count). The number of hydrogen-bond donors (Lipinski definition) is 4. The lowest BCUT2D eigenvalue weighted by Gasteiger charge is -2.28. The maximum atomic E-state index is 13.2. The van der Waals surface area contributed by atoms with Crippen LogP contribution in [-0.2, 0) is 14.4 Å². The third-order valence-electron chi connectivity index (χ3n) is 10.6. The van der Waals surface area contributed by atoms with Gasteiger partial charge in [-0.1, -0.05) is 162 Å². The number of quaternary nitrogens is 1. The monoisotopic (exact) mass is 738 g/mol. The van der Waals surface area contributed by atoms with Gasteiger partial charge in [-0.15, -0.1) is 0 Å². The number of rotatable bonds is 40. The second-order valence-electron chi connectivity index (χ2n) is 16.3. The first kappa shape index (κ1) is 50.3. The first-order valence-electron chi connectivity index (χ1n) is 22.5. The molecule has 4 N–H and O–H groups in total. The molecule has 0 aliphatic carbocycles. The maximum Gasteiger partial charge on any atom is 0.242 e. The van der Waals surface area contributed by atoms with Crippen LogP contribution < -0.4 is 16.0 Å². The number of nitrogens with zero attached hydrogens (tertiary/aromatic N) is 1. The number of nitrogens with one attached hydrogen (secondary N) is 3. The highest BCUT2D eigenvalue weighted by Crippen LogP contribution is 2.13.